The number of benzene rings is 2. The van der Waals surface area contributed by atoms with Crippen LogP contribution in [0.4, 0.5) is 20.2 Å². The molecule has 118 valence electrons. The third-order valence-corrected chi connectivity index (χ3v) is 3.38. The van der Waals surface area contributed by atoms with Crippen molar-refractivity contribution < 1.29 is 22.8 Å². The Morgan fingerprint density at radius 3 is 2.78 bits per heavy atom. The van der Waals surface area contributed by atoms with Crippen LogP contribution in [0, 0.1) is 18.6 Å². The number of anilines is 2. The average Bonchev–Trinajstić information content (AvgIpc) is 2.90. The van der Waals surface area contributed by atoms with Crippen LogP contribution >= 0.6 is 0 Å². The maximum atomic E-state index is 14.7. The Morgan fingerprint density at radius 2 is 2.09 bits per heavy atom. The summed E-state index contributed by atoms with van der Waals surface area (Å²) in [6.07, 6.45) is 0. The number of esters is 1. The van der Waals surface area contributed by atoms with Crippen molar-refractivity contribution in [3.8, 4) is 0 Å². The Labute approximate surface area is 129 Å². The van der Waals surface area contributed by atoms with Crippen molar-refractivity contribution in [2.75, 3.05) is 12.4 Å². The summed E-state index contributed by atoms with van der Waals surface area (Å²) in [5.74, 6) is -2.02. The van der Waals surface area contributed by atoms with Crippen LogP contribution < -0.4 is 5.32 Å². The minimum Gasteiger partial charge on any atom is -0.465 e. The molecule has 0 unspecified atom stereocenters. The van der Waals surface area contributed by atoms with Crippen molar-refractivity contribution in [3.63, 3.8) is 0 Å². The molecule has 23 heavy (non-hydrogen) atoms. The van der Waals surface area contributed by atoms with Crippen molar-refractivity contribution in [3.05, 3.63) is 53.2 Å². The molecule has 3 aromatic rings. The topological polar surface area (TPSA) is 64.4 Å². The van der Waals surface area contributed by atoms with E-state index in [1.807, 2.05) is 0 Å². The number of ether oxygens (including phenoxy) is 1. The minimum atomic E-state index is -0.798. The fourth-order valence-corrected chi connectivity index (χ4v) is 2.26. The summed E-state index contributed by atoms with van der Waals surface area (Å²) in [6, 6.07) is 6.86. The molecule has 1 heterocycles. The number of nitrogens with one attached hydrogen (secondary N) is 1. The van der Waals surface area contributed by atoms with Crippen LogP contribution in [0.5, 0.6) is 0 Å². The molecular weight excluding hydrogens is 306 g/mol. The van der Waals surface area contributed by atoms with Crippen molar-refractivity contribution in [2.45, 2.75) is 6.92 Å². The first-order valence-corrected chi connectivity index (χ1v) is 6.70. The Balaban J connectivity index is 2.20. The van der Waals surface area contributed by atoms with Gasteiger partial charge in [0.2, 0.25) is 5.58 Å². The highest BCUT2D eigenvalue weighted by molar-refractivity contribution is 6.02. The molecule has 1 aromatic heterocycles. The van der Waals surface area contributed by atoms with E-state index >= 15 is 0 Å². The van der Waals surface area contributed by atoms with Gasteiger partial charge in [-0.3, -0.25) is 0 Å². The summed E-state index contributed by atoms with van der Waals surface area (Å²) in [5, 5.41) is 6.75. The van der Waals surface area contributed by atoms with E-state index in [4.69, 9.17) is 4.52 Å². The molecule has 2 aromatic carbocycles. The number of nitrogens with zero attached hydrogens (tertiary/aromatic N) is 1. The van der Waals surface area contributed by atoms with Gasteiger partial charge in [0.15, 0.2) is 5.82 Å². The fourth-order valence-electron chi connectivity index (χ4n) is 2.26. The Kier molecular flexibility index (Phi) is 3.69. The molecule has 0 aliphatic heterocycles. The predicted octanol–water partition coefficient (Wildman–Crippen LogP) is 3.94. The van der Waals surface area contributed by atoms with Crippen LogP contribution in [0.3, 0.4) is 0 Å². The predicted molar refractivity (Wildman–Crippen MR) is 79.7 cm³/mol. The second-order valence-corrected chi connectivity index (χ2v) is 4.88. The second-order valence-electron chi connectivity index (χ2n) is 4.88. The molecule has 1 N–H and O–H groups in total. The molecule has 0 bridgehead atoms. The minimum absolute atomic E-state index is 0.0342. The SMILES string of the molecule is COC(=O)c1cc2c(C)noc2c(F)c1Nc1cccc(F)c1. The van der Waals surface area contributed by atoms with Gasteiger partial charge in [0.05, 0.1) is 24.1 Å². The maximum Gasteiger partial charge on any atom is 0.340 e. The molecule has 0 spiro atoms. The first kappa shape index (κ1) is 15.0. The second kappa shape index (κ2) is 5.68. The smallest absolute Gasteiger partial charge is 0.340 e. The molecule has 0 saturated heterocycles. The van der Waals surface area contributed by atoms with Gasteiger partial charge in [0.25, 0.3) is 0 Å². The number of methoxy groups -OCH3 is 1. The van der Waals surface area contributed by atoms with Crippen LogP contribution in [-0.2, 0) is 4.74 Å². The van der Waals surface area contributed by atoms with E-state index < -0.39 is 17.6 Å². The van der Waals surface area contributed by atoms with Crippen LogP contribution in [0.25, 0.3) is 11.0 Å². The van der Waals surface area contributed by atoms with Gasteiger partial charge < -0.3 is 14.6 Å². The normalized spacial score (nSPS) is 10.8. The lowest BCUT2D eigenvalue weighted by Gasteiger charge is -2.12. The first-order chi connectivity index (χ1) is 11.0. The third kappa shape index (κ3) is 2.61. The van der Waals surface area contributed by atoms with Gasteiger partial charge in [-0.1, -0.05) is 11.2 Å². The maximum absolute atomic E-state index is 14.7. The summed E-state index contributed by atoms with van der Waals surface area (Å²) < 4.78 is 37.7. The van der Waals surface area contributed by atoms with E-state index in [9.17, 15) is 13.6 Å². The van der Waals surface area contributed by atoms with Crippen molar-refractivity contribution >= 4 is 28.3 Å². The van der Waals surface area contributed by atoms with E-state index in [-0.39, 0.29) is 22.5 Å². The van der Waals surface area contributed by atoms with Gasteiger partial charge in [-0.2, -0.15) is 0 Å². The lowest BCUT2D eigenvalue weighted by atomic mass is 10.1. The Morgan fingerprint density at radius 1 is 1.30 bits per heavy atom. The summed E-state index contributed by atoms with van der Waals surface area (Å²) in [4.78, 5) is 12.0. The molecule has 0 fully saturated rings. The van der Waals surface area contributed by atoms with Crippen LogP contribution in [0.1, 0.15) is 16.1 Å². The van der Waals surface area contributed by atoms with E-state index in [1.54, 1.807) is 13.0 Å². The quantitative estimate of drug-likeness (QED) is 0.741. The number of hydrogen-bond donors (Lipinski definition) is 1. The number of hydrogen-bond acceptors (Lipinski definition) is 5. The zero-order valence-electron chi connectivity index (χ0n) is 12.3. The first-order valence-electron chi connectivity index (χ1n) is 6.70. The largest absolute Gasteiger partial charge is 0.465 e. The lowest BCUT2D eigenvalue weighted by Crippen LogP contribution is -2.08. The van der Waals surface area contributed by atoms with E-state index in [1.165, 1.54) is 31.4 Å². The average molecular weight is 318 g/mol. The van der Waals surface area contributed by atoms with Gasteiger partial charge in [-0.15, -0.1) is 0 Å². The van der Waals surface area contributed by atoms with Crippen LogP contribution in [-0.4, -0.2) is 18.2 Å². The van der Waals surface area contributed by atoms with Gasteiger partial charge in [0, 0.05) is 11.1 Å². The van der Waals surface area contributed by atoms with Crippen LogP contribution in [0.2, 0.25) is 0 Å². The highest BCUT2D eigenvalue weighted by Crippen LogP contribution is 2.33. The van der Waals surface area contributed by atoms with Gasteiger partial charge in [-0.05, 0) is 31.2 Å². The highest BCUT2D eigenvalue weighted by Gasteiger charge is 2.23. The molecule has 0 aliphatic rings. The van der Waals surface area contributed by atoms with Crippen molar-refractivity contribution in [2.24, 2.45) is 0 Å². The number of carbonyl (C=O) groups excluding carboxylic acids is 1. The van der Waals surface area contributed by atoms with E-state index in [0.717, 1.165) is 0 Å². The number of aryl methyl sites for hydroxylation is 1. The Hall–Kier alpha value is -2.96. The molecule has 5 nitrogen and oxygen atoms in total. The molecule has 0 amide bonds. The molecule has 0 radical (unpaired) electrons. The summed E-state index contributed by atoms with van der Waals surface area (Å²) >= 11 is 0. The molecule has 3 rings (SSSR count). The number of halogens is 2. The van der Waals surface area contributed by atoms with Crippen molar-refractivity contribution in [1.82, 2.24) is 5.16 Å². The molecule has 0 aliphatic carbocycles. The highest BCUT2D eigenvalue weighted by atomic mass is 19.1. The monoisotopic (exact) mass is 318 g/mol. The molecular formula is C16H12F2N2O3. The van der Waals surface area contributed by atoms with Crippen LogP contribution in [0.15, 0.2) is 34.9 Å². The summed E-state index contributed by atoms with van der Waals surface area (Å²) in [6.45, 7) is 1.63. The summed E-state index contributed by atoms with van der Waals surface area (Å²) in [7, 11) is 1.19. The van der Waals surface area contributed by atoms with E-state index in [0.29, 0.717) is 11.1 Å². The fraction of sp³-hybridized carbons (Fsp3) is 0.125. The zero-order chi connectivity index (χ0) is 16.6. The number of fused-ring (bicyclic) bond motifs is 1. The standard InChI is InChI=1S/C16H12F2N2O3/c1-8-11-7-12(16(21)22-2)14(13(18)15(11)23-20-8)19-10-5-3-4-9(17)6-10/h3-7,19H,1-2H3. The molecule has 0 saturated carbocycles. The number of rotatable bonds is 3. The van der Waals surface area contributed by atoms with Gasteiger partial charge in [-0.25, -0.2) is 13.6 Å². The van der Waals surface area contributed by atoms with E-state index in [2.05, 4.69) is 15.2 Å². The van der Waals surface area contributed by atoms with Gasteiger partial charge in [0.1, 0.15) is 5.82 Å². The zero-order valence-corrected chi connectivity index (χ0v) is 12.3. The molecule has 0 atom stereocenters. The number of aromatic nitrogens is 1. The van der Waals surface area contributed by atoms with Crippen molar-refractivity contribution in [1.29, 1.82) is 0 Å². The summed E-state index contributed by atoms with van der Waals surface area (Å²) in [5.41, 5.74) is 0.444. The third-order valence-electron chi connectivity index (χ3n) is 3.38. The molecule has 7 heteroatoms. The Bertz CT molecular complexity index is 906. The number of carbonyl (C=O) groups is 1. The lowest BCUT2D eigenvalue weighted by molar-refractivity contribution is 0.0601. The van der Waals surface area contributed by atoms with Gasteiger partial charge >= 0.3 is 5.97 Å².